The monoisotopic (exact) mass is 397 g/mol. The SMILES string of the molecule is CCNC(=NCC(C)(C)NS(C)(=O)=O)NCCc1cccc(C(=O)NC)c1. The van der Waals surface area contributed by atoms with Gasteiger partial charge in [-0.2, -0.15) is 0 Å². The molecule has 27 heavy (non-hydrogen) atoms. The molecule has 1 rings (SSSR count). The quantitative estimate of drug-likeness (QED) is 0.358. The predicted molar refractivity (Wildman–Crippen MR) is 110 cm³/mol. The lowest BCUT2D eigenvalue weighted by molar-refractivity contribution is 0.0963. The summed E-state index contributed by atoms with van der Waals surface area (Å²) in [5, 5.41) is 8.98. The van der Waals surface area contributed by atoms with Crippen LogP contribution < -0.4 is 20.7 Å². The van der Waals surface area contributed by atoms with Crippen molar-refractivity contribution in [1.82, 2.24) is 20.7 Å². The number of hydrogen-bond acceptors (Lipinski definition) is 4. The summed E-state index contributed by atoms with van der Waals surface area (Å²) in [7, 11) is -1.69. The summed E-state index contributed by atoms with van der Waals surface area (Å²) in [6.07, 6.45) is 1.86. The fourth-order valence-corrected chi connectivity index (χ4v) is 3.56. The highest BCUT2D eigenvalue weighted by atomic mass is 32.2. The first kappa shape index (κ1) is 22.9. The number of rotatable bonds is 9. The second-order valence-electron chi connectivity index (χ2n) is 6.91. The van der Waals surface area contributed by atoms with Crippen LogP contribution in [0.5, 0.6) is 0 Å². The number of amides is 1. The minimum atomic E-state index is -3.30. The van der Waals surface area contributed by atoms with E-state index in [0.717, 1.165) is 18.2 Å². The van der Waals surface area contributed by atoms with Crippen LogP contribution in [0.1, 0.15) is 36.7 Å². The first-order valence-electron chi connectivity index (χ1n) is 8.88. The Morgan fingerprint density at radius 3 is 2.52 bits per heavy atom. The molecule has 0 unspecified atom stereocenters. The number of guanidine groups is 1. The summed E-state index contributed by atoms with van der Waals surface area (Å²) >= 11 is 0. The van der Waals surface area contributed by atoms with Crippen LogP contribution in [0.2, 0.25) is 0 Å². The third-order valence-corrected chi connectivity index (χ3v) is 4.48. The second-order valence-corrected chi connectivity index (χ2v) is 8.66. The van der Waals surface area contributed by atoms with Gasteiger partial charge in [-0.05, 0) is 44.9 Å². The van der Waals surface area contributed by atoms with Crippen LogP contribution in [0, 0.1) is 0 Å². The van der Waals surface area contributed by atoms with E-state index in [2.05, 4.69) is 25.7 Å². The van der Waals surface area contributed by atoms with Crippen molar-refractivity contribution in [3.8, 4) is 0 Å². The van der Waals surface area contributed by atoms with Crippen molar-refractivity contribution in [2.24, 2.45) is 4.99 Å². The van der Waals surface area contributed by atoms with Crippen molar-refractivity contribution in [2.75, 3.05) is 32.9 Å². The molecule has 0 fully saturated rings. The van der Waals surface area contributed by atoms with Crippen molar-refractivity contribution in [3.05, 3.63) is 35.4 Å². The molecule has 0 radical (unpaired) electrons. The Balaban J connectivity index is 2.66. The van der Waals surface area contributed by atoms with E-state index in [9.17, 15) is 13.2 Å². The van der Waals surface area contributed by atoms with Gasteiger partial charge >= 0.3 is 0 Å². The van der Waals surface area contributed by atoms with Crippen LogP contribution >= 0.6 is 0 Å². The van der Waals surface area contributed by atoms with Gasteiger partial charge in [-0.3, -0.25) is 9.79 Å². The minimum absolute atomic E-state index is 0.111. The number of nitrogens with zero attached hydrogens (tertiary/aromatic N) is 1. The maximum Gasteiger partial charge on any atom is 0.251 e. The average molecular weight is 398 g/mol. The number of hydrogen-bond donors (Lipinski definition) is 4. The van der Waals surface area contributed by atoms with Crippen LogP contribution in [0.25, 0.3) is 0 Å². The lowest BCUT2D eigenvalue weighted by Crippen LogP contribution is -2.47. The highest BCUT2D eigenvalue weighted by molar-refractivity contribution is 7.88. The van der Waals surface area contributed by atoms with E-state index in [4.69, 9.17) is 0 Å². The van der Waals surface area contributed by atoms with Gasteiger partial charge in [-0.25, -0.2) is 13.1 Å². The topological polar surface area (TPSA) is 112 Å². The number of benzene rings is 1. The summed E-state index contributed by atoms with van der Waals surface area (Å²) in [5.41, 5.74) is 0.986. The Bertz CT molecular complexity index is 760. The molecule has 0 spiro atoms. The summed E-state index contributed by atoms with van der Waals surface area (Å²) in [4.78, 5) is 16.2. The van der Waals surface area contributed by atoms with Crippen molar-refractivity contribution < 1.29 is 13.2 Å². The van der Waals surface area contributed by atoms with Gasteiger partial charge in [0.1, 0.15) is 0 Å². The van der Waals surface area contributed by atoms with Gasteiger partial charge in [-0.1, -0.05) is 12.1 Å². The van der Waals surface area contributed by atoms with E-state index in [1.54, 1.807) is 27.0 Å². The second kappa shape index (κ2) is 10.3. The smallest absolute Gasteiger partial charge is 0.251 e. The number of carbonyl (C=O) groups excluding carboxylic acids is 1. The van der Waals surface area contributed by atoms with E-state index in [-0.39, 0.29) is 5.91 Å². The number of nitrogens with one attached hydrogen (secondary N) is 4. The van der Waals surface area contributed by atoms with Gasteiger partial charge in [0.15, 0.2) is 5.96 Å². The normalized spacial score (nSPS) is 12.6. The number of aliphatic imine (C=N–C) groups is 1. The van der Waals surface area contributed by atoms with Gasteiger partial charge in [0.25, 0.3) is 5.91 Å². The molecule has 0 aromatic heterocycles. The Morgan fingerprint density at radius 2 is 1.93 bits per heavy atom. The molecule has 1 aromatic rings. The van der Waals surface area contributed by atoms with Crippen molar-refractivity contribution in [3.63, 3.8) is 0 Å². The summed E-state index contributed by atoms with van der Waals surface area (Å²) in [6.45, 7) is 7.14. The van der Waals surface area contributed by atoms with Gasteiger partial charge in [0.2, 0.25) is 10.0 Å². The third kappa shape index (κ3) is 9.39. The molecule has 0 heterocycles. The van der Waals surface area contributed by atoms with Crippen molar-refractivity contribution in [2.45, 2.75) is 32.7 Å². The predicted octanol–water partition coefficient (Wildman–Crippen LogP) is 0.472. The molecule has 152 valence electrons. The maximum absolute atomic E-state index is 11.7. The van der Waals surface area contributed by atoms with E-state index in [1.165, 1.54) is 0 Å². The van der Waals surface area contributed by atoms with E-state index in [0.29, 0.717) is 31.2 Å². The first-order chi connectivity index (χ1) is 12.6. The summed E-state index contributed by atoms with van der Waals surface area (Å²) in [5.74, 6) is 0.503. The Morgan fingerprint density at radius 1 is 1.22 bits per heavy atom. The van der Waals surface area contributed by atoms with Crippen LogP contribution in [-0.2, 0) is 16.4 Å². The number of sulfonamides is 1. The first-order valence-corrected chi connectivity index (χ1v) is 10.8. The zero-order valence-corrected chi connectivity index (χ0v) is 17.5. The number of carbonyl (C=O) groups is 1. The molecule has 1 aromatic carbocycles. The molecule has 0 aliphatic carbocycles. The molecule has 1 amide bonds. The molecule has 0 aliphatic rings. The average Bonchev–Trinajstić information content (AvgIpc) is 2.57. The van der Waals surface area contributed by atoms with Crippen LogP contribution in [0.3, 0.4) is 0 Å². The van der Waals surface area contributed by atoms with Crippen molar-refractivity contribution >= 4 is 21.9 Å². The van der Waals surface area contributed by atoms with Gasteiger partial charge in [0.05, 0.1) is 12.8 Å². The zero-order chi connectivity index (χ0) is 20.5. The molecule has 0 aliphatic heterocycles. The van der Waals surface area contributed by atoms with Crippen LogP contribution in [-0.4, -0.2) is 58.8 Å². The molecule has 0 atom stereocenters. The maximum atomic E-state index is 11.7. The highest BCUT2D eigenvalue weighted by Crippen LogP contribution is 2.06. The molecular weight excluding hydrogens is 366 g/mol. The largest absolute Gasteiger partial charge is 0.357 e. The Labute approximate surface area is 162 Å². The Hall–Kier alpha value is -2.13. The molecule has 0 saturated carbocycles. The lowest BCUT2D eigenvalue weighted by atomic mass is 10.1. The van der Waals surface area contributed by atoms with Gasteiger partial charge < -0.3 is 16.0 Å². The van der Waals surface area contributed by atoms with Crippen LogP contribution in [0.4, 0.5) is 0 Å². The van der Waals surface area contributed by atoms with Gasteiger partial charge in [-0.15, -0.1) is 0 Å². The standard InChI is InChI=1S/C18H31N5O3S/c1-6-20-17(22-13-18(2,3)23-27(5,25)26)21-11-10-14-8-7-9-15(12-14)16(24)19-4/h7-9,12,23H,6,10-11,13H2,1-5H3,(H,19,24)(H2,20,21,22). The van der Waals surface area contributed by atoms with E-state index < -0.39 is 15.6 Å². The van der Waals surface area contributed by atoms with Gasteiger partial charge in [0, 0.05) is 31.2 Å². The fourth-order valence-electron chi connectivity index (χ4n) is 2.49. The molecule has 0 saturated heterocycles. The lowest BCUT2D eigenvalue weighted by Gasteiger charge is -2.23. The minimum Gasteiger partial charge on any atom is -0.357 e. The summed E-state index contributed by atoms with van der Waals surface area (Å²) < 4.78 is 25.4. The van der Waals surface area contributed by atoms with Crippen molar-refractivity contribution in [1.29, 1.82) is 0 Å². The molecule has 4 N–H and O–H groups in total. The van der Waals surface area contributed by atoms with Crippen LogP contribution in [0.15, 0.2) is 29.3 Å². The zero-order valence-electron chi connectivity index (χ0n) is 16.7. The summed E-state index contributed by atoms with van der Waals surface area (Å²) in [6, 6.07) is 7.47. The van der Waals surface area contributed by atoms with E-state index >= 15 is 0 Å². The fraction of sp³-hybridized carbons (Fsp3) is 0.556. The molecule has 8 nitrogen and oxygen atoms in total. The third-order valence-electron chi connectivity index (χ3n) is 3.56. The Kier molecular flexibility index (Phi) is 8.71. The molecule has 0 bridgehead atoms. The molecular formula is C18H31N5O3S. The highest BCUT2D eigenvalue weighted by Gasteiger charge is 2.21. The molecule has 9 heteroatoms. The van der Waals surface area contributed by atoms with E-state index in [1.807, 2.05) is 25.1 Å².